The normalized spacial score (nSPS) is 12.5. The van der Waals surface area contributed by atoms with Crippen LogP contribution in [0.25, 0.3) is 11.0 Å². The monoisotopic (exact) mass is 438 g/mol. The number of hydrogen-bond acceptors (Lipinski definition) is 4. The second-order valence-corrected chi connectivity index (χ2v) is 8.80. The second kappa shape index (κ2) is 9.82. The summed E-state index contributed by atoms with van der Waals surface area (Å²) < 4.78 is 2.63. The van der Waals surface area contributed by atoms with Crippen LogP contribution in [0.1, 0.15) is 32.8 Å². The number of hydrogen-bond donors (Lipinski definition) is 3. The van der Waals surface area contributed by atoms with Gasteiger partial charge in [-0.15, -0.1) is 0 Å². The van der Waals surface area contributed by atoms with Crippen molar-refractivity contribution in [2.45, 2.75) is 39.8 Å². The number of aromatic nitrogens is 2. The molecule has 0 saturated carbocycles. The Kier molecular flexibility index (Phi) is 7.15. The first-order valence-corrected chi connectivity index (χ1v) is 10.7. The lowest BCUT2D eigenvalue weighted by Crippen LogP contribution is -2.55. The summed E-state index contributed by atoms with van der Waals surface area (Å²) in [5, 5.41) is 14.4. The lowest BCUT2D eigenvalue weighted by Gasteiger charge is -2.30. The average molecular weight is 439 g/mol. The number of rotatable bonds is 7. The van der Waals surface area contributed by atoms with Gasteiger partial charge in [-0.3, -0.25) is 9.36 Å². The quantitative estimate of drug-likeness (QED) is 0.492. The highest BCUT2D eigenvalue weighted by Crippen LogP contribution is 2.20. The topological polar surface area (TPSA) is 105 Å². The summed E-state index contributed by atoms with van der Waals surface area (Å²) in [5.74, 6) is -0.361. The van der Waals surface area contributed by atoms with E-state index in [-0.39, 0.29) is 12.5 Å². The van der Waals surface area contributed by atoms with Gasteiger partial charge in [-0.25, -0.2) is 14.2 Å². The summed E-state index contributed by atoms with van der Waals surface area (Å²) in [5.41, 5.74) is 0.982. The van der Waals surface area contributed by atoms with Crippen LogP contribution in [0.5, 0.6) is 0 Å². The van der Waals surface area contributed by atoms with Gasteiger partial charge < -0.3 is 15.7 Å². The lowest BCUT2D eigenvalue weighted by molar-refractivity contribution is -0.125. The number of imidazole rings is 1. The van der Waals surface area contributed by atoms with Crippen LogP contribution in [0.3, 0.4) is 0 Å². The van der Waals surface area contributed by atoms with Gasteiger partial charge in [0.15, 0.2) is 0 Å². The highest BCUT2D eigenvalue weighted by atomic mass is 16.3. The minimum Gasteiger partial charge on any atom is -0.396 e. The number of nitrogens with one attached hydrogen (secondary N) is 2. The number of carbonyl (C=O) groups excluding carboxylic acids is 2. The first kappa shape index (κ1) is 23.3. The molecule has 0 fully saturated rings. The van der Waals surface area contributed by atoms with Crippen LogP contribution >= 0.6 is 0 Å². The van der Waals surface area contributed by atoms with Gasteiger partial charge in [0.2, 0.25) is 5.91 Å². The molecule has 0 spiro atoms. The van der Waals surface area contributed by atoms with Gasteiger partial charge in [0.25, 0.3) is 0 Å². The third-order valence-electron chi connectivity index (χ3n) is 5.25. The number of benzene rings is 2. The molecule has 0 aliphatic carbocycles. The third-order valence-corrected chi connectivity index (χ3v) is 5.25. The van der Waals surface area contributed by atoms with E-state index < -0.39 is 23.2 Å². The van der Waals surface area contributed by atoms with E-state index in [0.717, 1.165) is 10.1 Å². The van der Waals surface area contributed by atoms with Crippen LogP contribution in [0.15, 0.2) is 59.4 Å². The van der Waals surface area contributed by atoms with Crippen molar-refractivity contribution in [3.8, 4) is 0 Å². The first-order valence-electron chi connectivity index (χ1n) is 10.7. The van der Waals surface area contributed by atoms with Crippen LogP contribution in [-0.2, 0) is 11.3 Å². The molecule has 170 valence electrons. The Balaban J connectivity index is 1.96. The zero-order chi connectivity index (χ0) is 23.3. The molecule has 0 radical (unpaired) electrons. The van der Waals surface area contributed by atoms with Crippen molar-refractivity contribution in [1.82, 2.24) is 19.8 Å². The maximum absolute atomic E-state index is 13.3. The standard InChI is InChI=1S/C24H30N4O4/c1-24(2,3)20(21(30)25-14-9-15-29)26-22(31)28-19-13-8-7-12-18(19)27(23(28)32)16-17-10-5-4-6-11-17/h4-8,10-13,20,29H,9,14-16H2,1-3H3,(H,25,30)(H,26,31)/t20-/m1/s1. The van der Waals surface area contributed by atoms with Crippen molar-refractivity contribution in [3.05, 3.63) is 70.6 Å². The minimum absolute atomic E-state index is 0.0386. The third kappa shape index (κ3) is 5.08. The summed E-state index contributed by atoms with van der Waals surface area (Å²) in [4.78, 5) is 39.3. The molecular weight excluding hydrogens is 408 g/mol. The van der Waals surface area contributed by atoms with Gasteiger partial charge in [0, 0.05) is 13.2 Å². The van der Waals surface area contributed by atoms with Crippen LogP contribution in [0.4, 0.5) is 4.79 Å². The Morgan fingerprint density at radius 3 is 2.25 bits per heavy atom. The number of carbonyl (C=O) groups is 2. The van der Waals surface area contributed by atoms with Crippen molar-refractivity contribution >= 4 is 23.0 Å². The Bertz CT molecular complexity index is 1140. The predicted octanol–water partition coefficient (Wildman–Crippen LogP) is 2.32. The SMILES string of the molecule is CC(C)(C)[C@H](NC(=O)n1c(=O)n(Cc2ccccc2)c2ccccc21)C(=O)NCCCO. The fourth-order valence-electron chi connectivity index (χ4n) is 3.58. The van der Waals surface area contributed by atoms with Gasteiger partial charge >= 0.3 is 11.7 Å². The molecule has 0 unspecified atom stereocenters. The fourth-order valence-corrected chi connectivity index (χ4v) is 3.58. The van der Waals surface area contributed by atoms with E-state index in [0.29, 0.717) is 30.5 Å². The molecule has 3 aromatic rings. The van der Waals surface area contributed by atoms with E-state index in [1.54, 1.807) is 22.8 Å². The van der Waals surface area contributed by atoms with Crippen molar-refractivity contribution < 1.29 is 14.7 Å². The summed E-state index contributed by atoms with van der Waals surface area (Å²) >= 11 is 0. The molecule has 8 heteroatoms. The maximum atomic E-state index is 13.3. The average Bonchev–Trinajstić information content (AvgIpc) is 3.03. The molecule has 0 saturated heterocycles. The number of aliphatic hydroxyl groups is 1. The molecule has 8 nitrogen and oxygen atoms in total. The first-order chi connectivity index (χ1) is 15.2. The van der Waals surface area contributed by atoms with Gasteiger partial charge in [-0.1, -0.05) is 63.2 Å². The van der Waals surface area contributed by atoms with E-state index in [2.05, 4.69) is 10.6 Å². The van der Waals surface area contributed by atoms with E-state index >= 15 is 0 Å². The molecule has 0 bridgehead atoms. The number of fused-ring (bicyclic) bond motifs is 1. The van der Waals surface area contributed by atoms with Crippen LogP contribution < -0.4 is 16.3 Å². The number of amides is 2. The van der Waals surface area contributed by atoms with E-state index in [1.165, 1.54) is 0 Å². The molecule has 1 atom stereocenters. The zero-order valence-electron chi connectivity index (χ0n) is 18.7. The highest BCUT2D eigenvalue weighted by molar-refractivity contribution is 5.93. The molecule has 2 amide bonds. The van der Waals surface area contributed by atoms with E-state index in [9.17, 15) is 14.4 Å². The molecule has 32 heavy (non-hydrogen) atoms. The highest BCUT2D eigenvalue weighted by Gasteiger charge is 2.34. The Morgan fingerprint density at radius 1 is 1.00 bits per heavy atom. The fraction of sp³-hybridized carbons (Fsp3) is 0.375. The summed E-state index contributed by atoms with van der Waals surface area (Å²) in [6.07, 6.45) is 0.420. The van der Waals surface area contributed by atoms with Crippen LogP contribution in [-0.4, -0.2) is 45.4 Å². The largest absolute Gasteiger partial charge is 0.396 e. The summed E-state index contributed by atoms with van der Waals surface area (Å²) in [6.45, 7) is 6.10. The van der Waals surface area contributed by atoms with Crippen LogP contribution in [0.2, 0.25) is 0 Å². The number of nitrogens with zero attached hydrogens (tertiary/aromatic N) is 2. The zero-order valence-corrected chi connectivity index (χ0v) is 18.7. The molecule has 0 aliphatic rings. The second-order valence-electron chi connectivity index (χ2n) is 8.80. The lowest BCUT2D eigenvalue weighted by atomic mass is 9.86. The summed E-state index contributed by atoms with van der Waals surface area (Å²) in [7, 11) is 0. The van der Waals surface area contributed by atoms with Crippen molar-refractivity contribution in [2.24, 2.45) is 5.41 Å². The predicted molar refractivity (Wildman–Crippen MR) is 124 cm³/mol. The van der Waals surface area contributed by atoms with Gasteiger partial charge in [-0.2, -0.15) is 0 Å². The number of aliphatic hydroxyl groups excluding tert-OH is 1. The Morgan fingerprint density at radius 2 is 1.62 bits per heavy atom. The van der Waals surface area contributed by atoms with Crippen molar-refractivity contribution in [2.75, 3.05) is 13.2 Å². The van der Waals surface area contributed by atoms with Gasteiger partial charge in [-0.05, 0) is 29.5 Å². The molecule has 2 aromatic carbocycles. The van der Waals surface area contributed by atoms with Gasteiger partial charge in [0.05, 0.1) is 17.6 Å². The van der Waals surface area contributed by atoms with Crippen LogP contribution in [0, 0.1) is 5.41 Å². The molecule has 1 heterocycles. The van der Waals surface area contributed by atoms with Crippen molar-refractivity contribution in [3.63, 3.8) is 0 Å². The minimum atomic E-state index is -0.864. The molecule has 3 N–H and O–H groups in total. The molecule has 0 aliphatic heterocycles. The van der Waals surface area contributed by atoms with Gasteiger partial charge in [0.1, 0.15) is 6.04 Å². The molecular formula is C24H30N4O4. The smallest absolute Gasteiger partial charge is 0.337 e. The van der Waals surface area contributed by atoms with E-state index in [4.69, 9.17) is 5.11 Å². The Labute approximate surface area is 186 Å². The van der Waals surface area contributed by atoms with E-state index in [1.807, 2.05) is 57.2 Å². The Hall–Kier alpha value is -3.39. The molecule has 1 aromatic heterocycles. The van der Waals surface area contributed by atoms with Crippen molar-refractivity contribution in [1.29, 1.82) is 0 Å². The number of para-hydroxylation sites is 2. The maximum Gasteiger partial charge on any atom is 0.337 e. The molecule has 3 rings (SSSR count). The summed E-state index contributed by atoms with van der Waals surface area (Å²) in [6, 6.07) is 15.1.